The molecule has 0 aliphatic carbocycles. The molecule has 1 aliphatic heterocycles. The summed E-state index contributed by atoms with van der Waals surface area (Å²) < 4.78 is 0. The van der Waals surface area contributed by atoms with E-state index in [-0.39, 0.29) is 0 Å². The van der Waals surface area contributed by atoms with Gasteiger partial charge in [0.25, 0.3) is 0 Å². The van der Waals surface area contributed by atoms with Crippen molar-refractivity contribution in [1.29, 1.82) is 0 Å². The third-order valence-electron chi connectivity index (χ3n) is 3.84. The highest BCUT2D eigenvalue weighted by atomic mass is 15.2. The van der Waals surface area contributed by atoms with E-state index in [0.717, 1.165) is 28.8 Å². The van der Waals surface area contributed by atoms with Gasteiger partial charge in [0.05, 0.1) is 5.71 Å². The number of aromatic nitrogens is 1. The molecule has 0 spiro atoms. The van der Waals surface area contributed by atoms with Crippen LogP contribution in [-0.4, -0.2) is 16.5 Å². The van der Waals surface area contributed by atoms with Gasteiger partial charge in [-0.1, -0.05) is 31.2 Å². The van der Waals surface area contributed by atoms with Crippen molar-refractivity contribution in [2.75, 3.05) is 0 Å². The summed E-state index contributed by atoms with van der Waals surface area (Å²) in [5.74, 6) is 0.531. The lowest BCUT2D eigenvalue weighted by atomic mass is 9.94. The van der Waals surface area contributed by atoms with Gasteiger partial charge in [0, 0.05) is 18.0 Å². The Bertz CT molecular complexity index is 699. The van der Waals surface area contributed by atoms with Crippen LogP contribution in [0.1, 0.15) is 25.8 Å². The van der Waals surface area contributed by atoms with E-state index >= 15 is 0 Å². The van der Waals surface area contributed by atoms with Gasteiger partial charge in [-0.15, -0.1) is 0 Å². The molecule has 0 saturated heterocycles. The Morgan fingerprint density at radius 1 is 1.10 bits per heavy atom. The lowest BCUT2D eigenvalue weighted by Gasteiger charge is -2.22. The second-order valence-electron chi connectivity index (χ2n) is 5.19. The minimum atomic E-state index is -0.577. The maximum atomic E-state index is 5.93. The lowest BCUT2D eigenvalue weighted by molar-refractivity contribution is 0.465. The van der Waals surface area contributed by atoms with Crippen LogP contribution in [0.25, 0.3) is 11.1 Å². The van der Waals surface area contributed by atoms with Crippen LogP contribution in [0.3, 0.4) is 0 Å². The van der Waals surface area contributed by atoms with E-state index in [0.29, 0.717) is 5.84 Å². The molecule has 3 rings (SSSR count). The number of hydrogen-bond donors (Lipinski definition) is 1. The van der Waals surface area contributed by atoms with Crippen molar-refractivity contribution in [3.8, 4) is 11.1 Å². The van der Waals surface area contributed by atoms with Gasteiger partial charge in [-0.3, -0.25) is 9.98 Å². The maximum Gasteiger partial charge on any atom is 0.178 e. The maximum absolute atomic E-state index is 5.93. The summed E-state index contributed by atoms with van der Waals surface area (Å²) in [7, 11) is 0. The van der Waals surface area contributed by atoms with Crippen LogP contribution in [0.15, 0.2) is 58.8 Å². The minimum absolute atomic E-state index is 0.531. The van der Waals surface area contributed by atoms with Gasteiger partial charge >= 0.3 is 0 Å². The van der Waals surface area contributed by atoms with Crippen LogP contribution in [0.4, 0.5) is 0 Å². The van der Waals surface area contributed by atoms with Gasteiger partial charge in [-0.25, -0.2) is 4.99 Å². The van der Waals surface area contributed by atoms with Crippen LogP contribution in [0, 0.1) is 0 Å². The van der Waals surface area contributed by atoms with Gasteiger partial charge < -0.3 is 5.73 Å². The first-order chi connectivity index (χ1) is 10.1. The van der Waals surface area contributed by atoms with E-state index < -0.39 is 5.66 Å². The molecule has 4 nitrogen and oxygen atoms in total. The van der Waals surface area contributed by atoms with Gasteiger partial charge in [0.1, 0.15) is 5.84 Å². The molecular formula is C17H18N4. The van der Waals surface area contributed by atoms with Crippen molar-refractivity contribution in [2.24, 2.45) is 15.7 Å². The summed E-state index contributed by atoms with van der Waals surface area (Å²) in [6.45, 7) is 3.98. The first-order valence-corrected chi connectivity index (χ1v) is 7.08. The molecule has 0 radical (unpaired) electrons. The quantitative estimate of drug-likeness (QED) is 0.937. The molecule has 1 aliphatic rings. The predicted octanol–water partition coefficient (Wildman–Crippen LogP) is 3.14. The van der Waals surface area contributed by atoms with Crippen LogP contribution in [-0.2, 0) is 5.66 Å². The molecule has 2 heterocycles. The standard InChI is InChI=1S/C17H18N4/c1-3-17(20-12(2)16(18)21-17)15-8-4-6-13(10-15)14-7-5-9-19-11-14/h4-11H,3H2,1-2H3,(H2,18,21). The first-order valence-electron chi connectivity index (χ1n) is 7.08. The molecule has 1 aromatic carbocycles. The SMILES string of the molecule is CCC1(c2cccc(-c3cccnc3)c2)N=C(C)C(N)=N1. The molecule has 2 N–H and O–H groups in total. The number of rotatable bonds is 3. The largest absolute Gasteiger partial charge is 0.382 e. The average Bonchev–Trinajstić information content (AvgIpc) is 2.84. The Kier molecular flexibility index (Phi) is 3.29. The van der Waals surface area contributed by atoms with Crippen LogP contribution in [0.2, 0.25) is 0 Å². The van der Waals surface area contributed by atoms with E-state index in [2.05, 4.69) is 35.1 Å². The fraction of sp³-hybridized carbons (Fsp3) is 0.235. The summed E-state index contributed by atoms with van der Waals surface area (Å²) in [4.78, 5) is 13.5. The predicted molar refractivity (Wildman–Crippen MR) is 86.4 cm³/mol. The smallest absolute Gasteiger partial charge is 0.178 e. The number of benzene rings is 1. The molecule has 1 atom stereocenters. The van der Waals surface area contributed by atoms with E-state index in [1.807, 2.05) is 31.3 Å². The monoisotopic (exact) mass is 278 g/mol. The van der Waals surface area contributed by atoms with Crippen molar-refractivity contribution >= 4 is 11.5 Å². The summed E-state index contributed by atoms with van der Waals surface area (Å²) in [6.07, 6.45) is 4.41. The van der Waals surface area contributed by atoms with E-state index in [4.69, 9.17) is 10.7 Å². The summed E-state index contributed by atoms with van der Waals surface area (Å²) in [5, 5.41) is 0. The number of hydrogen-bond acceptors (Lipinski definition) is 4. The second-order valence-corrected chi connectivity index (χ2v) is 5.19. The van der Waals surface area contributed by atoms with Crippen molar-refractivity contribution in [3.05, 3.63) is 54.4 Å². The Hall–Kier alpha value is -2.49. The zero-order valence-corrected chi connectivity index (χ0v) is 12.2. The van der Waals surface area contributed by atoms with E-state index in [1.165, 1.54) is 0 Å². The molecule has 2 aromatic rings. The van der Waals surface area contributed by atoms with Crippen molar-refractivity contribution in [1.82, 2.24) is 4.98 Å². The number of amidine groups is 1. The van der Waals surface area contributed by atoms with Gasteiger partial charge in [-0.2, -0.15) is 0 Å². The van der Waals surface area contributed by atoms with Crippen molar-refractivity contribution < 1.29 is 0 Å². The molecule has 0 saturated carbocycles. The van der Waals surface area contributed by atoms with Crippen LogP contribution < -0.4 is 5.73 Å². The third-order valence-corrected chi connectivity index (χ3v) is 3.84. The zero-order valence-electron chi connectivity index (χ0n) is 12.2. The molecule has 0 bridgehead atoms. The average molecular weight is 278 g/mol. The Morgan fingerprint density at radius 2 is 1.90 bits per heavy atom. The van der Waals surface area contributed by atoms with E-state index in [9.17, 15) is 0 Å². The van der Waals surface area contributed by atoms with Gasteiger partial charge in [0.2, 0.25) is 0 Å². The summed E-state index contributed by atoms with van der Waals surface area (Å²) in [5.41, 5.74) is 9.42. The van der Waals surface area contributed by atoms with Crippen molar-refractivity contribution in [2.45, 2.75) is 25.9 Å². The topological polar surface area (TPSA) is 63.6 Å². The molecule has 106 valence electrons. The highest BCUT2D eigenvalue weighted by molar-refractivity contribution is 6.41. The second kappa shape index (κ2) is 5.13. The zero-order chi connectivity index (χ0) is 14.9. The van der Waals surface area contributed by atoms with Gasteiger partial charge in [-0.05, 0) is 36.6 Å². The van der Waals surface area contributed by atoms with Crippen LogP contribution >= 0.6 is 0 Å². The normalized spacial score (nSPS) is 21.0. The lowest BCUT2D eigenvalue weighted by Crippen LogP contribution is -2.19. The van der Waals surface area contributed by atoms with E-state index in [1.54, 1.807) is 6.20 Å². The summed E-state index contributed by atoms with van der Waals surface area (Å²) >= 11 is 0. The van der Waals surface area contributed by atoms with Crippen molar-refractivity contribution in [3.63, 3.8) is 0 Å². The fourth-order valence-electron chi connectivity index (χ4n) is 2.61. The molecule has 4 heteroatoms. The molecule has 1 aromatic heterocycles. The fourth-order valence-corrected chi connectivity index (χ4v) is 2.61. The summed E-state index contributed by atoms with van der Waals surface area (Å²) in [6, 6.07) is 12.3. The Balaban J connectivity index is 2.09. The van der Waals surface area contributed by atoms with Gasteiger partial charge in [0.15, 0.2) is 5.66 Å². The molecular weight excluding hydrogens is 260 g/mol. The third kappa shape index (κ3) is 2.33. The number of pyridine rings is 1. The molecule has 0 fully saturated rings. The minimum Gasteiger partial charge on any atom is -0.382 e. The number of nitrogens with two attached hydrogens (primary N) is 1. The Morgan fingerprint density at radius 3 is 2.52 bits per heavy atom. The van der Waals surface area contributed by atoms with Crippen LogP contribution in [0.5, 0.6) is 0 Å². The highest BCUT2D eigenvalue weighted by Gasteiger charge is 2.34. The molecule has 0 amide bonds. The highest BCUT2D eigenvalue weighted by Crippen LogP contribution is 2.36. The number of aliphatic imine (C=N–C) groups is 2. The molecule has 1 unspecified atom stereocenters. The molecule has 21 heavy (non-hydrogen) atoms. The Labute approximate surface area is 124 Å². The first kappa shape index (κ1) is 13.5. The number of nitrogens with zero attached hydrogens (tertiary/aromatic N) is 3.